The summed E-state index contributed by atoms with van der Waals surface area (Å²) in [7, 11) is 0. The third-order valence-electron chi connectivity index (χ3n) is 2.60. The normalized spacial score (nSPS) is 10.5. The molecule has 0 bridgehead atoms. The van der Waals surface area contributed by atoms with Gasteiger partial charge in [0.1, 0.15) is 0 Å². The van der Waals surface area contributed by atoms with E-state index in [9.17, 15) is 14.4 Å². The van der Waals surface area contributed by atoms with Crippen molar-refractivity contribution in [3.05, 3.63) is 24.8 Å². The molecule has 0 saturated heterocycles. The van der Waals surface area contributed by atoms with Crippen molar-refractivity contribution in [2.75, 3.05) is 25.0 Å². The van der Waals surface area contributed by atoms with E-state index in [2.05, 4.69) is 50.5 Å². The molecule has 0 aromatic heterocycles. The van der Waals surface area contributed by atoms with E-state index in [4.69, 9.17) is 10.2 Å². The van der Waals surface area contributed by atoms with Crippen molar-refractivity contribution in [1.82, 2.24) is 4.90 Å². The molecule has 0 aliphatic carbocycles. The number of carbonyl (C=O) groups is 3. The summed E-state index contributed by atoms with van der Waals surface area (Å²) in [6.45, 7) is 0.525. The first-order valence-electron chi connectivity index (χ1n) is 6.10. The first-order chi connectivity index (χ1) is 10.2. The summed E-state index contributed by atoms with van der Waals surface area (Å²) < 4.78 is 1.90. The number of nitrogens with zero attached hydrogens (tertiary/aromatic N) is 1. The van der Waals surface area contributed by atoms with Gasteiger partial charge in [-0.05, 0) is 69.8 Å². The average molecular weight is 532 g/mol. The lowest BCUT2D eigenvalue weighted by molar-refractivity contribution is -0.142. The predicted octanol–water partition coefficient (Wildman–Crippen LogP) is 1.61. The molecule has 0 fully saturated rings. The minimum absolute atomic E-state index is 0.305. The fraction of sp³-hybridized carbons (Fsp3) is 0.308. The molecular weight excluding hydrogens is 518 g/mol. The minimum atomic E-state index is -1.19. The highest BCUT2D eigenvalue weighted by molar-refractivity contribution is 14.1. The molecule has 0 aliphatic heterocycles. The van der Waals surface area contributed by atoms with Crippen LogP contribution in [0.4, 0.5) is 5.69 Å². The Balaban J connectivity index is 2.79. The lowest BCUT2D eigenvalue weighted by Gasteiger charge is -2.18. The van der Waals surface area contributed by atoms with Gasteiger partial charge in [0.25, 0.3) is 0 Å². The van der Waals surface area contributed by atoms with Gasteiger partial charge in [0.05, 0.1) is 25.3 Å². The van der Waals surface area contributed by atoms with Gasteiger partial charge in [-0.25, -0.2) is 0 Å². The maximum Gasteiger partial charge on any atom is 0.317 e. The van der Waals surface area contributed by atoms with Gasteiger partial charge < -0.3 is 15.5 Å². The molecular formula is C13H14I2N2O5. The van der Waals surface area contributed by atoms with E-state index in [1.165, 1.54) is 0 Å². The number of anilines is 1. The molecule has 0 unspecified atom stereocenters. The SMILES string of the molecule is Cc1cc(I)cc(I)c1NC(=O)CN(CC(=O)O)CC(=O)O. The molecule has 1 aromatic rings. The summed E-state index contributed by atoms with van der Waals surface area (Å²) in [4.78, 5) is 34.5. The molecule has 0 saturated carbocycles. The Morgan fingerprint density at radius 3 is 2.09 bits per heavy atom. The third kappa shape index (κ3) is 6.44. The second kappa shape index (κ2) is 8.62. The molecule has 3 N–H and O–H groups in total. The van der Waals surface area contributed by atoms with Crippen LogP contribution in [0.3, 0.4) is 0 Å². The number of carboxylic acid groups (broad SMARTS) is 2. The van der Waals surface area contributed by atoms with E-state index in [1.54, 1.807) is 0 Å². The Labute approximate surface area is 154 Å². The van der Waals surface area contributed by atoms with Gasteiger partial charge in [-0.15, -0.1) is 0 Å². The standard InChI is InChI=1S/C13H14I2N2O5/c1-7-2-8(14)3-9(15)13(7)16-10(18)4-17(5-11(19)20)6-12(21)22/h2-3H,4-6H2,1H3,(H,16,18)(H,19,20)(H,21,22). The second-order valence-corrected chi connectivity index (χ2v) is 6.97. The van der Waals surface area contributed by atoms with E-state index >= 15 is 0 Å². The van der Waals surface area contributed by atoms with Gasteiger partial charge in [0.2, 0.25) is 5.91 Å². The number of rotatable bonds is 7. The maximum atomic E-state index is 12.0. The van der Waals surface area contributed by atoms with Crippen molar-refractivity contribution in [3.8, 4) is 0 Å². The summed E-state index contributed by atoms with van der Waals surface area (Å²) in [5.74, 6) is -2.83. The second-order valence-electron chi connectivity index (χ2n) is 4.56. The largest absolute Gasteiger partial charge is 0.480 e. The van der Waals surface area contributed by atoms with Crippen molar-refractivity contribution in [2.45, 2.75) is 6.92 Å². The van der Waals surface area contributed by atoms with Crippen LogP contribution in [0.15, 0.2) is 12.1 Å². The molecule has 9 heteroatoms. The molecule has 0 aliphatic rings. The molecule has 1 rings (SSSR count). The lowest BCUT2D eigenvalue weighted by Crippen LogP contribution is -2.40. The number of amides is 1. The summed E-state index contributed by atoms with van der Waals surface area (Å²) in [5, 5.41) is 20.2. The van der Waals surface area contributed by atoms with Crippen LogP contribution < -0.4 is 5.32 Å². The highest BCUT2D eigenvalue weighted by Crippen LogP contribution is 2.25. The number of carbonyl (C=O) groups excluding carboxylic acids is 1. The van der Waals surface area contributed by atoms with E-state index in [0.29, 0.717) is 5.69 Å². The highest BCUT2D eigenvalue weighted by Gasteiger charge is 2.18. The maximum absolute atomic E-state index is 12.0. The molecule has 0 heterocycles. The van der Waals surface area contributed by atoms with Crippen LogP contribution >= 0.6 is 45.2 Å². The number of nitrogens with one attached hydrogen (secondary N) is 1. The number of carboxylic acids is 2. The van der Waals surface area contributed by atoms with Crippen molar-refractivity contribution in [2.24, 2.45) is 0 Å². The van der Waals surface area contributed by atoms with Crippen LogP contribution in [0.1, 0.15) is 5.56 Å². The summed E-state index contributed by atoms with van der Waals surface area (Å²) in [5.41, 5.74) is 1.53. The molecule has 0 radical (unpaired) electrons. The predicted molar refractivity (Wildman–Crippen MR) is 97.0 cm³/mol. The first-order valence-corrected chi connectivity index (χ1v) is 8.26. The van der Waals surface area contributed by atoms with E-state index in [0.717, 1.165) is 17.6 Å². The summed E-state index contributed by atoms with van der Waals surface area (Å²) in [6.07, 6.45) is 0. The van der Waals surface area contributed by atoms with Crippen molar-refractivity contribution in [3.63, 3.8) is 0 Å². The zero-order chi connectivity index (χ0) is 16.9. The smallest absolute Gasteiger partial charge is 0.317 e. The fourth-order valence-corrected chi connectivity index (χ4v) is 4.06. The zero-order valence-corrected chi connectivity index (χ0v) is 15.9. The Kier molecular flexibility index (Phi) is 7.48. The van der Waals surface area contributed by atoms with Gasteiger partial charge in [-0.2, -0.15) is 0 Å². The molecule has 7 nitrogen and oxygen atoms in total. The van der Waals surface area contributed by atoms with Crippen molar-refractivity contribution < 1.29 is 24.6 Å². The van der Waals surface area contributed by atoms with E-state index in [1.807, 2.05) is 19.1 Å². The molecule has 0 spiro atoms. The summed E-state index contributed by atoms with van der Waals surface area (Å²) >= 11 is 4.27. The lowest BCUT2D eigenvalue weighted by atomic mass is 10.2. The zero-order valence-electron chi connectivity index (χ0n) is 11.6. The Morgan fingerprint density at radius 1 is 1.09 bits per heavy atom. The van der Waals surface area contributed by atoms with Crippen LogP contribution in [-0.4, -0.2) is 52.6 Å². The van der Waals surface area contributed by atoms with Crippen LogP contribution in [0.5, 0.6) is 0 Å². The van der Waals surface area contributed by atoms with E-state index in [-0.39, 0.29) is 6.54 Å². The Morgan fingerprint density at radius 2 is 1.64 bits per heavy atom. The molecule has 0 atom stereocenters. The third-order valence-corrected chi connectivity index (χ3v) is 4.08. The van der Waals surface area contributed by atoms with Crippen LogP contribution in [0.2, 0.25) is 0 Å². The van der Waals surface area contributed by atoms with Gasteiger partial charge in [-0.1, -0.05) is 0 Å². The molecule has 120 valence electrons. The monoisotopic (exact) mass is 532 g/mol. The van der Waals surface area contributed by atoms with Crippen LogP contribution in [0.25, 0.3) is 0 Å². The fourth-order valence-electron chi connectivity index (χ4n) is 1.79. The minimum Gasteiger partial charge on any atom is -0.480 e. The highest BCUT2D eigenvalue weighted by atomic mass is 127. The number of halogens is 2. The number of hydrogen-bond donors (Lipinski definition) is 3. The number of hydrogen-bond acceptors (Lipinski definition) is 4. The van der Waals surface area contributed by atoms with E-state index < -0.39 is 30.9 Å². The average Bonchev–Trinajstić information content (AvgIpc) is 2.31. The molecule has 22 heavy (non-hydrogen) atoms. The number of aliphatic carboxylic acids is 2. The number of benzene rings is 1. The van der Waals surface area contributed by atoms with Crippen LogP contribution in [0, 0.1) is 14.1 Å². The van der Waals surface area contributed by atoms with Gasteiger partial charge in [0, 0.05) is 7.14 Å². The molecule has 1 aromatic carbocycles. The van der Waals surface area contributed by atoms with Crippen LogP contribution in [-0.2, 0) is 14.4 Å². The van der Waals surface area contributed by atoms with Gasteiger partial charge in [-0.3, -0.25) is 19.3 Å². The molecule has 1 amide bonds. The Bertz CT molecular complexity index is 567. The summed E-state index contributed by atoms with van der Waals surface area (Å²) in [6, 6.07) is 3.81. The van der Waals surface area contributed by atoms with Crippen molar-refractivity contribution in [1.29, 1.82) is 0 Å². The first kappa shape index (κ1) is 19.1. The van der Waals surface area contributed by atoms with Gasteiger partial charge in [0.15, 0.2) is 0 Å². The van der Waals surface area contributed by atoms with Gasteiger partial charge >= 0.3 is 11.9 Å². The van der Waals surface area contributed by atoms with Crippen molar-refractivity contribution >= 4 is 68.7 Å². The topological polar surface area (TPSA) is 107 Å². The Hall–Kier alpha value is -0.950. The number of aryl methyl sites for hydroxylation is 1. The quantitative estimate of drug-likeness (QED) is 0.462.